The molecule has 0 atom stereocenters. The van der Waals surface area contributed by atoms with E-state index >= 15 is 0 Å². The van der Waals surface area contributed by atoms with Gasteiger partial charge in [-0.25, -0.2) is 15.0 Å². The van der Waals surface area contributed by atoms with Crippen molar-refractivity contribution >= 4 is 53.3 Å². The van der Waals surface area contributed by atoms with E-state index in [1.54, 1.807) is 15.9 Å². The molecule has 3 heterocycles. The zero-order chi connectivity index (χ0) is 46.2. The average Bonchev–Trinajstić information content (AvgIpc) is 3.96. The molecule has 9 aromatic carbocycles. The summed E-state index contributed by atoms with van der Waals surface area (Å²) >= 11 is 1.68. The Balaban J connectivity index is 1.20. The predicted molar refractivity (Wildman–Crippen MR) is 260 cm³/mol. The zero-order valence-electron chi connectivity index (χ0n) is 39.0. The van der Waals surface area contributed by atoms with Gasteiger partial charge in [0.1, 0.15) is 0 Å². The molecule has 4 nitrogen and oxygen atoms in total. The van der Waals surface area contributed by atoms with Crippen LogP contribution in [-0.2, 0) is 0 Å². The van der Waals surface area contributed by atoms with Crippen LogP contribution in [0.3, 0.4) is 0 Å². The maximum atomic E-state index is 9.89. The molecule has 0 aliphatic heterocycles. The number of aromatic nitrogens is 4. The van der Waals surface area contributed by atoms with E-state index in [9.17, 15) is 8.22 Å². The highest BCUT2D eigenvalue weighted by Crippen LogP contribution is 2.42. The van der Waals surface area contributed by atoms with Gasteiger partial charge in [0.2, 0.25) is 0 Å². The van der Waals surface area contributed by atoms with Gasteiger partial charge >= 0.3 is 0 Å². The minimum Gasteiger partial charge on any atom is -0.309 e. The third kappa shape index (κ3) is 6.09. The lowest BCUT2D eigenvalue weighted by Gasteiger charge is -2.16. The van der Waals surface area contributed by atoms with E-state index in [0.29, 0.717) is 39.9 Å². The Morgan fingerprint density at radius 2 is 0.823 bits per heavy atom. The minimum absolute atomic E-state index is 0.0447. The summed E-state index contributed by atoms with van der Waals surface area (Å²) in [6, 6.07) is 57.6. The lowest BCUT2D eigenvalue weighted by molar-refractivity contribution is 1.07. The largest absolute Gasteiger partial charge is 0.309 e. The van der Waals surface area contributed by atoms with Gasteiger partial charge in [-0.15, -0.1) is 11.3 Å². The van der Waals surface area contributed by atoms with Crippen LogP contribution in [0.15, 0.2) is 218 Å². The van der Waals surface area contributed by atoms with Crippen LogP contribution in [0.4, 0.5) is 0 Å². The zero-order valence-corrected chi connectivity index (χ0v) is 33.8. The number of nitrogens with zero attached hydrogens (tertiary/aromatic N) is 4. The summed E-state index contributed by atoms with van der Waals surface area (Å²) in [4.78, 5) is 15.9. The first-order valence-electron chi connectivity index (χ1n) is 23.4. The smallest absolute Gasteiger partial charge is 0.166 e. The molecule has 0 unspecified atom stereocenters. The number of benzene rings is 9. The molecule has 12 aromatic rings. The van der Waals surface area contributed by atoms with Crippen molar-refractivity contribution in [3.8, 4) is 73.2 Å². The van der Waals surface area contributed by atoms with Gasteiger partial charge in [-0.1, -0.05) is 170 Å². The number of hydrogen-bond acceptors (Lipinski definition) is 4. The molecule has 0 spiro atoms. The van der Waals surface area contributed by atoms with E-state index in [0.717, 1.165) is 42.4 Å². The molecule has 12 rings (SSSR count). The summed E-state index contributed by atoms with van der Waals surface area (Å²) in [6.45, 7) is 0. The third-order valence-electron chi connectivity index (χ3n) is 11.3. The fourth-order valence-electron chi connectivity index (χ4n) is 8.41. The van der Waals surface area contributed by atoms with Crippen molar-refractivity contribution in [2.24, 2.45) is 0 Å². The maximum absolute atomic E-state index is 9.89. The molecule has 3 aromatic heterocycles. The SMILES string of the molecule is [2H]c1c(-c2ccccc2)c([2H])c2c3c([2H])c(-c4ccccc4)c([2H])c([2H])c3n(-c3ccccc3-c3nc(-c4ccccc4-c4ccccc4)nc(-c4cccc5c4sc4ccccc45)n3)c2c1[2H]. The van der Waals surface area contributed by atoms with Gasteiger partial charge < -0.3 is 4.57 Å². The second kappa shape index (κ2) is 14.9. The Morgan fingerprint density at radius 1 is 0.355 bits per heavy atom. The normalized spacial score (nSPS) is 12.9. The van der Waals surface area contributed by atoms with E-state index in [1.165, 1.54) is 0 Å². The second-order valence-electron chi connectivity index (χ2n) is 15.0. The van der Waals surface area contributed by atoms with Crippen LogP contribution in [0.5, 0.6) is 0 Å². The minimum atomic E-state index is -0.183. The fourth-order valence-corrected chi connectivity index (χ4v) is 9.63. The van der Waals surface area contributed by atoms with Crippen LogP contribution < -0.4 is 0 Å². The van der Waals surface area contributed by atoms with Crippen LogP contribution in [0.2, 0.25) is 0 Å². The van der Waals surface area contributed by atoms with E-state index in [1.807, 2.05) is 146 Å². The maximum Gasteiger partial charge on any atom is 0.166 e. The number of rotatable bonds is 7. The molecule has 5 heteroatoms. The van der Waals surface area contributed by atoms with Crippen LogP contribution >= 0.6 is 11.3 Å². The molecule has 62 heavy (non-hydrogen) atoms. The van der Waals surface area contributed by atoms with Crippen LogP contribution in [0, 0.1) is 0 Å². The van der Waals surface area contributed by atoms with Crippen molar-refractivity contribution in [2.45, 2.75) is 0 Å². The van der Waals surface area contributed by atoms with Crippen molar-refractivity contribution in [1.29, 1.82) is 0 Å². The summed E-state index contributed by atoms with van der Waals surface area (Å²) in [6.07, 6.45) is 0. The summed E-state index contributed by atoms with van der Waals surface area (Å²) in [5.74, 6) is 1.20. The molecule has 0 saturated carbocycles. The average molecular weight is 815 g/mol. The van der Waals surface area contributed by atoms with E-state index in [-0.39, 0.29) is 69.2 Å². The number of hydrogen-bond donors (Lipinski definition) is 0. The molecule has 0 aliphatic rings. The van der Waals surface area contributed by atoms with Gasteiger partial charge in [0.05, 0.1) is 24.9 Å². The van der Waals surface area contributed by atoms with Crippen LogP contribution in [0.25, 0.3) is 115 Å². The lowest BCUT2D eigenvalue weighted by atomic mass is 9.99. The third-order valence-corrected chi connectivity index (χ3v) is 12.5. The number of fused-ring (bicyclic) bond motifs is 6. The lowest BCUT2D eigenvalue weighted by Crippen LogP contribution is -2.04. The van der Waals surface area contributed by atoms with E-state index in [2.05, 4.69) is 36.4 Å². The topological polar surface area (TPSA) is 43.6 Å². The van der Waals surface area contributed by atoms with Crippen molar-refractivity contribution in [1.82, 2.24) is 19.5 Å². The fraction of sp³-hybridized carbons (Fsp3) is 0. The molecular formula is C57H36N4S. The van der Waals surface area contributed by atoms with Crippen molar-refractivity contribution in [3.63, 3.8) is 0 Å². The van der Waals surface area contributed by atoms with Gasteiger partial charge in [-0.2, -0.15) is 0 Å². The molecule has 0 saturated heterocycles. The van der Waals surface area contributed by atoms with Gasteiger partial charge in [-0.05, 0) is 81.8 Å². The van der Waals surface area contributed by atoms with Gasteiger partial charge in [0.25, 0.3) is 0 Å². The summed E-state index contributed by atoms with van der Waals surface area (Å²) < 4.78 is 62.2. The molecular weight excluding hydrogens is 773 g/mol. The van der Waals surface area contributed by atoms with Gasteiger partial charge in [-0.3, -0.25) is 0 Å². The van der Waals surface area contributed by atoms with Crippen LogP contribution in [-0.4, -0.2) is 19.5 Å². The van der Waals surface area contributed by atoms with Crippen molar-refractivity contribution in [3.05, 3.63) is 218 Å². The monoisotopic (exact) mass is 814 g/mol. The predicted octanol–water partition coefficient (Wildman–Crippen LogP) is 15.3. The molecule has 0 fully saturated rings. The molecule has 0 aliphatic carbocycles. The molecule has 0 amide bonds. The molecule has 0 N–H and O–H groups in total. The summed E-state index contributed by atoms with van der Waals surface area (Å²) in [7, 11) is 0. The highest BCUT2D eigenvalue weighted by molar-refractivity contribution is 7.26. The molecule has 0 radical (unpaired) electrons. The molecule has 0 bridgehead atoms. The molecule has 290 valence electrons. The first-order chi connectivity index (χ1) is 33.3. The number of para-hydroxylation sites is 1. The van der Waals surface area contributed by atoms with Crippen molar-refractivity contribution < 1.29 is 8.22 Å². The van der Waals surface area contributed by atoms with Gasteiger partial charge in [0, 0.05) is 47.6 Å². The summed E-state index contributed by atoms with van der Waals surface area (Å²) in [5, 5.41) is 2.72. The summed E-state index contributed by atoms with van der Waals surface area (Å²) in [5.41, 5.74) is 6.55. The Bertz CT molecular complexity index is 3870. The second-order valence-corrected chi connectivity index (χ2v) is 16.1. The first kappa shape index (κ1) is 30.1. The standard InChI is InChI=1S/C57H36N4S/c1-4-17-37(18-5-1)40-31-33-51-48(35-40)49-36-41(38-19-6-2-7-20-38)32-34-52(49)61(51)50-29-14-12-26-46(50)56-58-55(45-25-11-10-23-42(45)39-21-8-3-9-22-39)59-57(60-56)47-28-16-27-44-43-24-13-15-30-53(43)62-54(44)47/h1-36H/i31D,32D,33D,34D,35D,36D. The quantitative estimate of drug-likeness (QED) is 0.161. The number of thiophene rings is 1. The Morgan fingerprint density at radius 3 is 1.47 bits per heavy atom. The highest BCUT2D eigenvalue weighted by Gasteiger charge is 2.22. The van der Waals surface area contributed by atoms with Gasteiger partial charge in [0.15, 0.2) is 17.5 Å². The Kier molecular flexibility index (Phi) is 7.25. The Hall–Kier alpha value is -7.99. The first-order valence-corrected chi connectivity index (χ1v) is 21.2. The highest BCUT2D eigenvalue weighted by atomic mass is 32.1. The van der Waals surface area contributed by atoms with Crippen molar-refractivity contribution in [2.75, 3.05) is 0 Å². The van der Waals surface area contributed by atoms with Crippen LogP contribution in [0.1, 0.15) is 8.22 Å². The Labute approximate surface area is 371 Å². The van der Waals surface area contributed by atoms with E-state index in [4.69, 9.17) is 15.0 Å². The van der Waals surface area contributed by atoms with E-state index < -0.39 is 0 Å².